The molecule has 6 nitrogen and oxygen atoms in total. The number of carbonyl (C=O) groups excluding carboxylic acids is 1. The lowest BCUT2D eigenvalue weighted by atomic mass is 10.1. The van der Waals surface area contributed by atoms with Gasteiger partial charge in [-0.05, 0) is 42.3 Å². The van der Waals surface area contributed by atoms with Gasteiger partial charge >= 0.3 is 0 Å². The van der Waals surface area contributed by atoms with E-state index in [1.807, 2.05) is 54.6 Å². The highest BCUT2D eigenvalue weighted by Gasteiger charge is 2.08. The number of methoxy groups -OCH3 is 1. The van der Waals surface area contributed by atoms with E-state index in [4.69, 9.17) is 4.74 Å². The molecule has 6 heteroatoms. The Morgan fingerprint density at radius 2 is 1.81 bits per heavy atom. The Morgan fingerprint density at radius 1 is 1.04 bits per heavy atom. The molecule has 0 bridgehead atoms. The van der Waals surface area contributed by atoms with E-state index in [0.29, 0.717) is 18.2 Å². The van der Waals surface area contributed by atoms with Crippen LogP contribution >= 0.6 is 0 Å². The van der Waals surface area contributed by atoms with Crippen molar-refractivity contribution in [3.63, 3.8) is 0 Å². The third-order valence-electron chi connectivity index (χ3n) is 3.78. The molecule has 0 saturated carbocycles. The predicted molar refractivity (Wildman–Crippen MR) is 101 cm³/mol. The van der Waals surface area contributed by atoms with Crippen molar-refractivity contribution < 1.29 is 9.53 Å². The third kappa shape index (κ3) is 4.80. The van der Waals surface area contributed by atoms with Crippen LogP contribution in [0.25, 0.3) is 0 Å². The highest BCUT2D eigenvalue weighted by Crippen LogP contribution is 2.17. The molecule has 3 aromatic rings. The molecule has 2 N–H and O–H groups in total. The molecule has 0 saturated heterocycles. The van der Waals surface area contributed by atoms with Gasteiger partial charge in [0.15, 0.2) is 0 Å². The maximum atomic E-state index is 12.3. The lowest BCUT2D eigenvalue weighted by Crippen LogP contribution is -2.26. The molecule has 0 aliphatic heterocycles. The highest BCUT2D eigenvalue weighted by molar-refractivity contribution is 5.92. The van der Waals surface area contributed by atoms with E-state index in [0.717, 1.165) is 17.9 Å². The summed E-state index contributed by atoms with van der Waals surface area (Å²) in [5, 5.41) is 5.95. The van der Waals surface area contributed by atoms with Crippen LogP contribution in [0.1, 0.15) is 16.1 Å². The normalized spacial score (nSPS) is 10.2. The molecule has 2 aromatic carbocycles. The Labute approximate surface area is 152 Å². The van der Waals surface area contributed by atoms with E-state index in [9.17, 15) is 4.79 Å². The fraction of sp³-hybridized carbons (Fsp3) is 0.150. The van der Waals surface area contributed by atoms with Crippen LogP contribution in [0.15, 0.2) is 66.9 Å². The lowest BCUT2D eigenvalue weighted by molar-refractivity contribution is 0.0949. The largest absolute Gasteiger partial charge is 0.497 e. The monoisotopic (exact) mass is 348 g/mol. The number of nitrogens with zero attached hydrogens (tertiary/aromatic N) is 2. The smallest absolute Gasteiger partial charge is 0.270 e. The molecule has 0 atom stereocenters. The maximum absolute atomic E-state index is 12.3. The summed E-state index contributed by atoms with van der Waals surface area (Å²) in [6.45, 7) is 0.550. The second-order valence-corrected chi connectivity index (χ2v) is 5.61. The van der Waals surface area contributed by atoms with Crippen LogP contribution in [0, 0.1) is 0 Å². The van der Waals surface area contributed by atoms with Gasteiger partial charge in [-0.15, -0.1) is 0 Å². The van der Waals surface area contributed by atoms with E-state index in [1.54, 1.807) is 19.4 Å². The number of hydrogen-bond acceptors (Lipinski definition) is 5. The Bertz CT molecular complexity index is 851. The van der Waals surface area contributed by atoms with Gasteiger partial charge in [0.25, 0.3) is 5.91 Å². The average Bonchev–Trinajstić information content (AvgIpc) is 2.69. The first kappa shape index (κ1) is 17.4. The van der Waals surface area contributed by atoms with Gasteiger partial charge in [0, 0.05) is 18.4 Å². The highest BCUT2D eigenvalue weighted by atomic mass is 16.5. The molecule has 0 radical (unpaired) electrons. The molecule has 0 aliphatic carbocycles. The van der Waals surface area contributed by atoms with Crippen molar-refractivity contribution >= 4 is 17.5 Å². The van der Waals surface area contributed by atoms with Crippen molar-refractivity contribution in [2.45, 2.75) is 6.42 Å². The van der Waals surface area contributed by atoms with E-state index in [-0.39, 0.29) is 5.91 Å². The number of hydrogen-bond donors (Lipinski definition) is 2. The first-order valence-electron chi connectivity index (χ1n) is 8.31. The topological polar surface area (TPSA) is 76.1 Å². The summed E-state index contributed by atoms with van der Waals surface area (Å²) in [7, 11) is 1.62. The molecule has 26 heavy (non-hydrogen) atoms. The first-order valence-corrected chi connectivity index (χ1v) is 8.31. The molecule has 0 unspecified atom stereocenters. The predicted octanol–water partition coefficient (Wildman–Crippen LogP) is 3.20. The fourth-order valence-electron chi connectivity index (χ4n) is 2.40. The van der Waals surface area contributed by atoms with E-state index in [1.165, 1.54) is 5.56 Å². The van der Waals surface area contributed by atoms with Crippen LogP contribution in [-0.2, 0) is 6.42 Å². The summed E-state index contributed by atoms with van der Waals surface area (Å²) >= 11 is 0. The minimum Gasteiger partial charge on any atom is -0.497 e. The van der Waals surface area contributed by atoms with E-state index < -0.39 is 0 Å². The van der Waals surface area contributed by atoms with Crippen molar-refractivity contribution in [2.75, 3.05) is 19.0 Å². The Balaban J connectivity index is 1.58. The number of aromatic nitrogens is 2. The van der Waals surface area contributed by atoms with Crippen molar-refractivity contribution in [1.82, 2.24) is 15.3 Å². The van der Waals surface area contributed by atoms with Crippen LogP contribution in [0.5, 0.6) is 5.75 Å². The standard InChI is InChI=1S/C20H20N4O2/c1-26-17-9-7-16(8-10-17)23-20-22-14-12-18(24-20)19(25)21-13-11-15-5-3-2-4-6-15/h2-10,12,14H,11,13H2,1H3,(H,21,25)(H,22,23,24). The third-order valence-corrected chi connectivity index (χ3v) is 3.78. The Morgan fingerprint density at radius 3 is 2.54 bits per heavy atom. The maximum Gasteiger partial charge on any atom is 0.270 e. The molecule has 3 rings (SSSR count). The van der Waals surface area contributed by atoms with E-state index in [2.05, 4.69) is 20.6 Å². The van der Waals surface area contributed by atoms with Gasteiger partial charge in [0.2, 0.25) is 5.95 Å². The van der Waals surface area contributed by atoms with Gasteiger partial charge in [0.1, 0.15) is 11.4 Å². The van der Waals surface area contributed by atoms with Crippen molar-refractivity contribution in [3.05, 3.63) is 78.1 Å². The van der Waals surface area contributed by atoms with Crippen LogP contribution in [0.2, 0.25) is 0 Å². The number of carbonyl (C=O) groups is 1. The average molecular weight is 348 g/mol. The van der Waals surface area contributed by atoms with Crippen LogP contribution in [0.3, 0.4) is 0 Å². The van der Waals surface area contributed by atoms with Crippen molar-refractivity contribution in [1.29, 1.82) is 0 Å². The second kappa shape index (κ2) is 8.62. The SMILES string of the molecule is COc1ccc(Nc2nccc(C(=O)NCCc3ccccc3)n2)cc1. The summed E-state index contributed by atoms with van der Waals surface area (Å²) in [6.07, 6.45) is 2.33. The van der Waals surface area contributed by atoms with Gasteiger partial charge in [0.05, 0.1) is 7.11 Å². The molecular weight excluding hydrogens is 328 g/mol. The van der Waals surface area contributed by atoms with Gasteiger partial charge < -0.3 is 15.4 Å². The van der Waals surface area contributed by atoms with Crippen molar-refractivity contribution in [3.8, 4) is 5.75 Å². The van der Waals surface area contributed by atoms with Crippen molar-refractivity contribution in [2.24, 2.45) is 0 Å². The number of rotatable bonds is 7. The Hall–Kier alpha value is -3.41. The van der Waals surface area contributed by atoms with Crippen LogP contribution < -0.4 is 15.4 Å². The number of benzene rings is 2. The zero-order chi connectivity index (χ0) is 18.2. The number of nitrogens with one attached hydrogen (secondary N) is 2. The number of anilines is 2. The molecular formula is C20H20N4O2. The quantitative estimate of drug-likeness (QED) is 0.686. The Kier molecular flexibility index (Phi) is 5.77. The lowest BCUT2D eigenvalue weighted by Gasteiger charge is -2.08. The molecule has 0 fully saturated rings. The van der Waals surface area contributed by atoms with Gasteiger partial charge in [-0.3, -0.25) is 4.79 Å². The molecule has 1 heterocycles. The summed E-state index contributed by atoms with van der Waals surface area (Å²) in [6, 6.07) is 19.0. The zero-order valence-electron chi connectivity index (χ0n) is 14.5. The van der Waals surface area contributed by atoms with Gasteiger partial charge in [-0.1, -0.05) is 30.3 Å². The molecule has 1 amide bonds. The van der Waals surface area contributed by atoms with Crippen LogP contribution in [-0.4, -0.2) is 29.5 Å². The van der Waals surface area contributed by atoms with E-state index >= 15 is 0 Å². The number of amides is 1. The number of ether oxygens (including phenoxy) is 1. The minimum atomic E-state index is -0.221. The summed E-state index contributed by atoms with van der Waals surface area (Å²) in [4.78, 5) is 20.7. The summed E-state index contributed by atoms with van der Waals surface area (Å²) in [5.41, 5.74) is 2.31. The summed E-state index contributed by atoms with van der Waals surface area (Å²) in [5.74, 6) is 0.912. The molecule has 0 aliphatic rings. The van der Waals surface area contributed by atoms with Crippen LogP contribution in [0.4, 0.5) is 11.6 Å². The van der Waals surface area contributed by atoms with Gasteiger partial charge in [-0.2, -0.15) is 0 Å². The zero-order valence-corrected chi connectivity index (χ0v) is 14.5. The molecule has 0 spiro atoms. The molecule has 1 aromatic heterocycles. The summed E-state index contributed by atoms with van der Waals surface area (Å²) < 4.78 is 5.13. The second-order valence-electron chi connectivity index (χ2n) is 5.61. The minimum absolute atomic E-state index is 0.221. The van der Waals surface area contributed by atoms with Gasteiger partial charge in [-0.25, -0.2) is 9.97 Å². The fourth-order valence-corrected chi connectivity index (χ4v) is 2.40. The first-order chi connectivity index (χ1) is 12.7. The molecule has 132 valence electrons.